The van der Waals surface area contributed by atoms with Gasteiger partial charge < -0.3 is 4.74 Å². The van der Waals surface area contributed by atoms with Crippen molar-refractivity contribution in [1.29, 1.82) is 0 Å². The Balaban J connectivity index is 2.44. The fourth-order valence-electron chi connectivity index (χ4n) is 1.03. The van der Waals surface area contributed by atoms with Gasteiger partial charge in [0.25, 0.3) is 0 Å². The van der Waals surface area contributed by atoms with Crippen molar-refractivity contribution in [1.82, 2.24) is 0 Å². The summed E-state index contributed by atoms with van der Waals surface area (Å²) in [7, 11) is 0. The molecule has 1 rings (SSSR count). The molecule has 1 atom stereocenters. The van der Waals surface area contributed by atoms with Crippen LogP contribution in [-0.2, 0) is 9.53 Å². The van der Waals surface area contributed by atoms with E-state index >= 15 is 0 Å². The molecule has 0 bridgehead atoms. The largest absolute Gasteiger partial charge is 0.434 e. The maximum Gasteiger partial charge on any atom is 0.313 e. The van der Waals surface area contributed by atoms with Gasteiger partial charge in [0.05, 0.1) is 12.2 Å². The van der Waals surface area contributed by atoms with Gasteiger partial charge >= 0.3 is 5.97 Å². The number of carbonyl (C=O) groups excluding carboxylic acids is 1. The highest BCUT2D eigenvalue weighted by atomic mass is 16.5. The molecule has 0 N–H and O–H groups in total. The molecule has 0 heterocycles. The Morgan fingerprint density at radius 3 is 2.67 bits per heavy atom. The lowest BCUT2D eigenvalue weighted by molar-refractivity contribution is -0.142. The second-order valence-electron chi connectivity index (χ2n) is 3.46. The second kappa shape index (κ2) is 6.02. The van der Waals surface area contributed by atoms with Gasteiger partial charge in [-0.15, -0.1) is 0 Å². The van der Waals surface area contributed by atoms with Gasteiger partial charge in [-0.05, 0) is 18.1 Å². The summed E-state index contributed by atoms with van der Waals surface area (Å²) in [4.78, 5) is 11.3. The van der Waals surface area contributed by atoms with E-state index in [4.69, 9.17) is 4.74 Å². The molecule has 2 heteroatoms. The van der Waals surface area contributed by atoms with E-state index in [1.807, 2.05) is 44.2 Å². The van der Waals surface area contributed by atoms with E-state index in [1.54, 1.807) is 6.08 Å². The molecule has 1 unspecified atom stereocenters. The number of carbonyl (C=O) groups is 1. The van der Waals surface area contributed by atoms with Crippen LogP contribution in [0.15, 0.2) is 36.6 Å². The van der Waals surface area contributed by atoms with E-state index in [9.17, 15) is 4.79 Å². The summed E-state index contributed by atoms with van der Waals surface area (Å²) in [5, 5.41) is 0. The molecule has 0 amide bonds. The van der Waals surface area contributed by atoms with Crippen molar-refractivity contribution < 1.29 is 9.53 Å². The van der Waals surface area contributed by atoms with Crippen molar-refractivity contribution in [2.45, 2.75) is 20.3 Å². The highest BCUT2D eigenvalue weighted by Crippen LogP contribution is 2.05. The fourth-order valence-corrected chi connectivity index (χ4v) is 1.03. The van der Waals surface area contributed by atoms with E-state index in [0.29, 0.717) is 0 Å². The van der Waals surface area contributed by atoms with Crippen molar-refractivity contribution in [3.05, 3.63) is 42.2 Å². The smallest absolute Gasteiger partial charge is 0.313 e. The molecule has 0 saturated carbocycles. The predicted octanol–water partition coefficient (Wildman–Crippen LogP) is 3.25. The van der Waals surface area contributed by atoms with E-state index in [2.05, 4.69) is 0 Å². The normalized spacial score (nSPS) is 12.7. The van der Waals surface area contributed by atoms with Crippen LogP contribution < -0.4 is 0 Å². The van der Waals surface area contributed by atoms with E-state index in [1.165, 1.54) is 6.26 Å². The highest BCUT2D eigenvalue weighted by Gasteiger charge is 2.09. The number of hydrogen-bond donors (Lipinski definition) is 0. The van der Waals surface area contributed by atoms with Crippen LogP contribution in [0.5, 0.6) is 0 Å². The Morgan fingerprint density at radius 1 is 1.40 bits per heavy atom. The van der Waals surface area contributed by atoms with Gasteiger partial charge in [-0.3, -0.25) is 4.79 Å². The summed E-state index contributed by atoms with van der Waals surface area (Å²) in [6.45, 7) is 3.82. The first kappa shape index (κ1) is 11.5. The maximum absolute atomic E-state index is 11.3. The molecule has 2 nitrogen and oxygen atoms in total. The van der Waals surface area contributed by atoms with Crippen molar-refractivity contribution in [3.63, 3.8) is 0 Å². The van der Waals surface area contributed by atoms with Crippen LogP contribution in [0, 0.1) is 5.92 Å². The van der Waals surface area contributed by atoms with Crippen LogP contribution >= 0.6 is 0 Å². The SMILES string of the molecule is CCC(C)C(=O)OC=Cc1ccccc1. The number of esters is 1. The topological polar surface area (TPSA) is 26.3 Å². The van der Waals surface area contributed by atoms with Gasteiger partial charge in [0.15, 0.2) is 0 Å². The highest BCUT2D eigenvalue weighted by molar-refractivity contribution is 5.73. The summed E-state index contributed by atoms with van der Waals surface area (Å²) < 4.78 is 4.98. The van der Waals surface area contributed by atoms with Crippen LogP contribution in [0.1, 0.15) is 25.8 Å². The molecular formula is C13H16O2. The number of rotatable bonds is 4. The molecule has 80 valence electrons. The van der Waals surface area contributed by atoms with Crippen LogP contribution in [0.3, 0.4) is 0 Å². The minimum Gasteiger partial charge on any atom is -0.434 e. The Morgan fingerprint density at radius 2 is 2.07 bits per heavy atom. The zero-order valence-corrected chi connectivity index (χ0v) is 9.14. The van der Waals surface area contributed by atoms with Gasteiger partial charge in [0.2, 0.25) is 0 Å². The van der Waals surface area contributed by atoms with Crippen molar-refractivity contribution in [2.75, 3.05) is 0 Å². The van der Waals surface area contributed by atoms with Crippen LogP contribution in [0.4, 0.5) is 0 Å². The molecule has 0 aliphatic heterocycles. The molecule has 0 radical (unpaired) electrons. The first-order chi connectivity index (χ1) is 7.24. The zero-order chi connectivity index (χ0) is 11.1. The number of benzene rings is 1. The molecule has 15 heavy (non-hydrogen) atoms. The van der Waals surface area contributed by atoms with Crippen LogP contribution in [0.25, 0.3) is 6.08 Å². The molecule has 0 fully saturated rings. The predicted molar refractivity (Wildman–Crippen MR) is 61.0 cm³/mol. The first-order valence-corrected chi connectivity index (χ1v) is 5.16. The summed E-state index contributed by atoms with van der Waals surface area (Å²) in [6, 6.07) is 9.73. The second-order valence-corrected chi connectivity index (χ2v) is 3.46. The average molecular weight is 204 g/mol. The Bertz CT molecular complexity index is 328. The molecule has 0 aliphatic carbocycles. The summed E-state index contributed by atoms with van der Waals surface area (Å²) in [5.41, 5.74) is 1.02. The lowest BCUT2D eigenvalue weighted by Crippen LogP contribution is -2.10. The third kappa shape index (κ3) is 3.98. The number of hydrogen-bond acceptors (Lipinski definition) is 2. The number of ether oxygens (including phenoxy) is 1. The maximum atomic E-state index is 11.3. The third-order valence-electron chi connectivity index (χ3n) is 2.26. The van der Waals surface area contributed by atoms with E-state index in [-0.39, 0.29) is 11.9 Å². The first-order valence-electron chi connectivity index (χ1n) is 5.16. The Kier molecular flexibility index (Phi) is 4.61. The monoisotopic (exact) mass is 204 g/mol. The van der Waals surface area contributed by atoms with Crippen molar-refractivity contribution >= 4 is 12.0 Å². The standard InChI is InChI=1S/C13H16O2/c1-3-11(2)13(14)15-10-9-12-7-5-4-6-8-12/h4-11H,3H2,1-2H3. The lowest BCUT2D eigenvalue weighted by Gasteiger charge is -2.04. The van der Waals surface area contributed by atoms with Crippen molar-refractivity contribution in [3.8, 4) is 0 Å². The third-order valence-corrected chi connectivity index (χ3v) is 2.26. The van der Waals surface area contributed by atoms with Crippen LogP contribution in [0.2, 0.25) is 0 Å². The molecule has 0 spiro atoms. The van der Waals surface area contributed by atoms with E-state index in [0.717, 1.165) is 12.0 Å². The molecule has 0 aliphatic rings. The van der Waals surface area contributed by atoms with Crippen molar-refractivity contribution in [2.24, 2.45) is 5.92 Å². The lowest BCUT2D eigenvalue weighted by atomic mass is 10.1. The average Bonchev–Trinajstić information content (AvgIpc) is 2.29. The fraction of sp³-hybridized carbons (Fsp3) is 0.308. The van der Waals surface area contributed by atoms with Crippen LogP contribution in [-0.4, -0.2) is 5.97 Å². The Labute approximate surface area is 90.6 Å². The van der Waals surface area contributed by atoms with E-state index < -0.39 is 0 Å². The minimum atomic E-state index is -0.176. The molecule has 1 aromatic carbocycles. The molecular weight excluding hydrogens is 188 g/mol. The van der Waals surface area contributed by atoms with Gasteiger partial charge in [0.1, 0.15) is 0 Å². The molecule has 1 aromatic rings. The van der Waals surface area contributed by atoms with Gasteiger partial charge in [-0.1, -0.05) is 44.2 Å². The summed E-state index contributed by atoms with van der Waals surface area (Å²) >= 11 is 0. The Hall–Kier alpha value is -1.57. The molecule has 0 aromatic heterocycles. The molecule has 0 saturated heterocycles. The quantitative estimate of drug-likeness (QED) is 0.556. The minimum absolute atomic E-state index is 0.0366. The van der Waals surface area contributed by atoms with Gasteiger partial charge in [-0.2, -0.15) is 0 Å². The summed E-state index contributed by atoms with van der Waals surface area (Å²) in [6.07, 6.45) is 4.03. The summed E-state index contributed by atoms with van der Waals surface area (Å²) in [5.74, 6) is -0.213. The van der Waals surface area contributed by atoms with Gasteiger partial charge in [0, 0.05) is 0 Å². The zero-order valence-electron chi connectivity index (χ0n) is 9.14. The van der Waals surface area contributed by atoms with Gasteiger partial charge in [-0.25, -0.2) is 0 Å².